The zero-order valence-corrected chi connectivity index (χ0v) is 6.96. The van der Waals surface area contributed by atoms with Crippen molar-refractivity contribution in [3.05, 3.63) is 0 Å². The first-order valence-electron chi connectivity index (χ1n) is 3.06. The SMILES string of the molecule is C[C@H]1OC[C@@H]2[C@H](I)[C@H]21. The minimum atomic E-state index is 0.557. The lowest BCUT2D eigenvalue weighted by molar-refractivity contribution is 0.0958. The van der Waals surface area contributed by atoms with E-state index in [1.165, 1.54) is 0 Å². The van der Waals surface area contributed by atoms with Crippen molar-refractivity contribution in [1.29, 1.82) is 0 Å². The Morgan fingerprint density at radius 2 is 2.38 bits per heavy atom. The van der Waals surface area contributed by atoms with E-state index in [9.17, 15) is 0 Å². The standard InChI is InChI=1S/C6H9IO/c1-3-5-4(2-8-3)6(5)7/h3-6H,2H2,1H3/t3-,4+,5+,6+/m1/s1. The van der Waals surface area contributed by atoms with E-state index in [0.29, 0.717) is 6.10 Å². The summed E-state index contributed by atoms with van der Waals surface area (Å²) in [5.74, 6) is 1.83. The minimum Gasteiger partial charge on any atom is -0.378 e. The molecule has 2 rings (SSSR count). The van der Waals surface area contributed by atoms with Gasteiger partial charge in [0.05, 0.1) is 12.7 Å². The summed E-state index contributed by atoms with van der Waals surface area (Å²) in [5, 5.41) is 0. The summed E-state index contributed by atoms with van der Waals surface area (Å²) in [4.78, 5) is 0. The molecule has 1 heterocycles. The summed E-state index contributed by atoms with van der Waals surface area (Å²) < 4.78 is 6.32. The lowest BCUT2D eigenvalue weighted by Crippen LogP contribution is -2.07. The van der Waals surface area contributed by atoms with Gasteiger partial charge in [-0.3, -0.25) is 0 Å². The molecule has 1 aliphatic carbocycles. The van der Waals surface area contributed by atoms with Crippen molar-refractivity contribution >= 4 is 22.6 Å². The Morgan fingerprint density at radius 3 is 2.62 bits per heavy atom. The maximum atomic E-state index is 5.38. The highest BCUT2D eigenvalue weighted by atomic mass is 127. The van der Waals surface area contributed by atoms with E-state index in [2.05, 4.69) is 29.5 Å². The summed E-state index contributed by atoms with van der Waals surface area (Å²) in [7, 11) is 0. The Balaban J connectivity index is 2.07. The van der Waals surface area contributed by atoms with Crippen molar-refractivity contribution in [3.63, 3.8) is 0 Å². The first-order chi connectivity index (χ1) is 3.80. The van der Waals surface area contributed by atoms with E-state index in [1.807, 2.05) is 0 Å². The van der Waals surface area contributed by atoms with Gasteiger partial charge in [-0.15, -0.1) is 0 Å². The van der Waals surface area contributed by atoms with Gasteiger partial charge in [-0.2, -0.15) is 0 Å². The molecule has 0 bridgehead atoms. The second-order valence-corrected chi connectivity index (χ2v) is 4.16. The molecular weight excluding hydrogens is 215 g/mol. The fraction of sp³-hybridized carbons (Fsp3) is 1.00. The number of rotatable bonds is 0. The van der Waals surface area contributed by atoms with Gasteiger partial charge in [0.1, 0.15) is 0 Å². The molecule has 1 saturated heterocycles. The van der Waals surface area contributed by atoms with Crippen molar-refractivity contribution in [2.24, 2.45) is 11.8 Å². The van der Waals surface area contributed by atoms with Gasteiger partial charge in [0.15, 0.2) is 0 Å². The quantitative estimate of drug-likeness (QED) is 0.447. The second kappa shape index (κ2) is 1.59. The largest absolute Gasteiger partial charge is 0.378 e. The zero-order valence-electron chi connectivity index (χ0n) is 4.80. The molecule has 2 heteroatoms. The van der Waals surface area contributed by atoms with Crippen LogP contribution in [0, 0.1) is 11.8 Å². The maximum Gasteiger partial charge on any atom is 0.0589 e. The number of halogens is 1. The smallest absolute Gasteiger partial charge is 0.0589 e. The average Bonchev–Trinajstić information content (AvgIpc) is 2.13. The third kappa shape index (κ3) is 0.559. The molecule has 0 spiro atoms. The Morgan fingerprint density at radius 1 is 1.62 bits per heavy atom. The molecule has 0 aromatic heterocycles. The van der Waals surface area contributed by atoms with E-state index in [-0.39, 0.29) is 0 Å². The van der Waals surface area contributed by atoms with Gasteiger partial charge < -0.3 is 4.74 Å². The van der Waals surface area contributed by atoms with Crippen LogP contribution in [0.25, 0.3) is 0 Å². The van der Waals surface area contributed by atoms with Crippen molar-refractivity contribution in [1.82, 2.24) is 0 Å². The molecule has 1 nitrogen and oxygen atoms in total. The highest BCUT2D eigenvalue weighted by Crippen LogP contribution is 2.53. The fourth-order valence-electron chi connectivity index (χ4n) is 1.54. The molecule has 2 aliphatic rings. The average molecular weight is 224 g/mol. The monoisotopic (exact) mass is 224 g/mol. The molecule has 0 N–H and O–H groups in total. The Hall–Kier alpha value is 0.690. The van der Waals surface area contributed by atoms with Crippen LogP contribution in [0.3, 0.4) is 0 Å². The summed E-state index contributed by atoms with van der Waals surface area (Å²) in [6, 6.07) is 0. The first kappa shape index (κ1) is 5.47. The molecule has 2 fully saturated rings. The molecular formula is C6H9IO. The van der Waals surface area contributed by atoms with Crippen LogP contribution in [0.4, 0.5) is 0 Å². The predicted octanol–water partition coefficient (Wildman–Crippen LogP) is 1.45. The topological polar surface area (TPSA) is 9.23 Å². The predicted molar refractivity (Wildman–Crippen MR) is 40.2 cm³/mol. The van der Waals surface area contributed by atoms with E-state index >= 15 is 0 Å². The number of hydrogen-bond acceptors (Lipinski definition) is 1. The first-order valence-corrected chi connectivity index (χ1v) is 4.31. The molecule has 0 amide bonds. The van der Waals surface area contributed by atoms with Gasteiger partial charge in [0.2, 0.25) is 0 Å². The lowest BCUT2D eigenvalue weighted by Gasteiger charge is -2.04. The van der Waals surface area contributed by atoms with Crippen molar-refractivity contribution < 1.29 is 4.74 Å². The molecule has 4 atom stereocenters. The Labute approximate surface area is 62.9 Å². The summed E-state index contributed by atoms with van der Waals surface area (Å²) in [5.41, 5.74) is 0. The van der Waals surface area contributed by atoms with Crippen molar-refractivity contribution in [3.8, 4) is 0 Å². The summed E-state index contributed by atoms with van der Waals surface area (Å²) in [6.45, 7) is 3.21. The van der Waals surface area contributed by atoms with E-state index in [4.69, 9.17) is 4.74 Å². The second-order valence-electron chi connectivity index (χ2n) is 2.72. The van der Waals surface area contributed by atoms with Crippen LogP contribution in [0.15, 0.2) is 0 Å². The van der Waals surface area contributed by atoms with Crippen LogP contribution >= 0.6 is 22.6 Å². The normalized spacial score (nSPS) is 60.8. The van der Waals surface area contributed by atoms with Gasteiger partial charge in [-0.1, -0.05) is 22.6 Å². The van der Waals surface area contributed by atoms with Crippen LogP contribution < -0.4 is 0 Å². The third-order valence-electron chi connectivity index (χ3n) is 2.22. The van der Waals surface area contributed by atoms with Crippen molar-refractivity contribution in [2.75, 3.05) is 6.61 Å². The molecule has 0 radical (unpaired) electrons. The molecule has 8 heavy (non-hydrogen) atoms. The number of alkyl halides is 1. The zero-order chi connectivity index (χ0) is 5.72. The van der Waals surface area contributed by atoms with E-state index in [1.54, 1.807) is 0 Å². The van der Waals surface area contributed by atoms with Gasteiger partial charge in [-0.05, 0) is 6.92 Å². The fourth-order valence-corrected chi connectivity index (χ4v) is 3.11. The highest BCUT2D eigenvalue weighted by Gasteiger charge is 2.56. The molecule has 46 valence electrons. The molecule has 1 saturated carbocycles. The van der Waals surface area contributed by atoms with Gasteiger partial charge in [0, 0.05) is 15.8 Å². The van der Waals surface area contributed by atoms with E-state index < -0.39 is 0 Å². The minimum absolute atomic E-state index is 0.557. The Bertz CT molecular complexity index is 113. The van der Waals surface area contributed by atoms with Crippen molar-refractivity contribution in [2.45, 2.75) is 17.0 Å². The van der Waals surface area contributed by atoms with Crippen LogP contribution in [0.2, 0.25) is 0 Å². The molecule has 0 aromatic rings. The van der Waals surface area contributed by atoms with Gasteiger partial charge in [0.25, 0.3) is 0 Å². The number of ether oxygens (including phenoxy) is 1. The van der Waals surface area contributed by atoms with Crippen LogP contribution in [-0.2, 0) is 4.74 Å². The maximum absolute atomic E-state index is 5.38. The summed E-state index contributed by atoms with van der Waals surface area (Å²) in [6.07, 6.45) is 0.557. The van der Waals surface area contributed by atoms with Crippen LogP contribution in [0.1, 0.15) is 6.92 Å². The Kier molecular flexibility index (Phi) is 1.09. The van der Waals surface area contributed by atoms with Gasteiger partial charge in [-0.25, -0.2) is 0 Å². The highest BCUT2D eigenvalue weighted by molar-refractivity contribution is 14.1. The number of fused-ring (bicyclic) bond motifs is 1. The lowest BCUT2D eigenvalue weighted by atomic mass is 10.3. The van der Waals surface area contributed by atoms with Gasteiger partial charge >= 0.3 is 0 Å². The third-order valence-corrected chi connectivity index (χ3v) is 3.98. The van der Waals surface area contributed by atoms with E-state index in [0.717, 1.165) is 22.4 Å². The number of hydrogen-bond donors (Lipinski definition) is 0. The molecule has 0 unspecified atom stereocenters. The molecule has 0 aromatic carbocycles. The summed E-state index contributed by atoms with van der Waals surface area (Å²) >= 11 is 2.53. The van der Waals surface area contributed by atoms with Crippen LogP contribution in [0.5, 0.6) is 0 Å². The molecule has 1 aliphatic heterocycles. The van der Waals surface area contributed by atoms with Crippen LogP contribution in [-0.4, -0.2) is 16.6 Å².